The number of benzene rings is 1. The third-order valence-corrected chi connectivity index (χ3v) is 3.74. The molecule has 1 aromatic carbocycles. The summed E-state index contributed by atoms with van der Waals surface area (Å²) in [6.07, 6.45) is 7.43. The van der Waals surface area contributed by atoms with Crippen LogP contribution in [0, 0.1) is 0 Å². The van der Waals surface area contributed by atoms with Crippen molar-refractivity contribution in [2.24, 2.45) is 0 Å². The number of carboxylic acid groups (broad SMARTS) is 2. The Labute approximate surface area is 160 Å². The molecule has 0 aliphatic rings. The van der Waals surface area contributed by atoms with Crippen LogP contribution in [-0.4, -0.2) is 44.6 Å². The first kappa shape index (κ1) is 20.4. The van der Waals surface area contributed by atoms with Crippen LogP contribution in [0.1, 0.15) is 17.3 Å². The van der Waals surface area contributed by atoms with Gasteiger partial charge in [0, 0.05) is 48.2 Å². The van der Waals surface area contributed by atoms with Crippen molar-refractivity contribution < 1.29 is 24.6 Å². The monoisotopic (exact) mass is 381 g/mol. The van der Waals surface area contributed by atoms with E-state index in [0.29, 0.717) is 17.7 Å². The second-order valence-electron chi connectivity index (χ2n) is 5.49. The van der Waals surface area contributed by atoms with Gasteiger partial charge in [-0.2, -0.15) is 0 Å². The Kier molecular flexibility index (Phi) is 7.04. The lowest BCUT2D eigenvalue weighted by atomic mass is 10.2. The van der Waals surface area contributed by atoms with E-state index in [2.05, 4.69) is 16.9 Å². The predicted octanol–water partition coefficient (Wildman–Crippen LogP) is 2.85. The standard InChI is InChI=1S/C16H15N3O.C4H4O4/c1-2-18(14-7-9-17-10-8-14)19-11-13(12-20)15-5-3-4-6-16(15)19;5-3(6)1-2-4(7)8/h3-12H,2H2,1H3;1-2H,(H,5,6)(H,7,8)/b;2-1-. The van der Waals surface area contributed by atoms with Crippen molar-refractivity contribution in [1.82, 2.24) is 9.66 Å². The molecule has 0 aliphatic carbocycles. The molecule has 0 spiro atoms. The highest BCUT2D eigenvalue weighted by Crippen LogP contribution is 2.23. The molecular weight excluding hydrogens is 362 g/mol. The van der Waals surface area contributed by atoms with Crippen molar-refractivity contribution in [2.75, 3.05) is 11.6 Å². The van der Waals surface area contributed by atoms with Gasteiger partial charge in [-0.25, -0.2) is 9.59 Å². The van der Waals surface area contributed by atoms with Crippen molar-refractivity contribution in [3.63, 3.8) is 0 Å². The molecule has 0 atom stereocenters. The fraction of sp³-hybridized carbons (Fsp3) is 0.100. The number of carbonyl (C=O) groups is 3. The number of aliphatic carboxylic acids is 2. The first-order valence-electron chi connectivity index (χ1n) is 8.35. The van der Waals surface area contributed by atoms with Gasteiger partial charge < -0.3 is 10.2 Å². The molecule has 0 fully saturated rings. The molecule has 0 amide bonds. The summed E-state index contributed by atoms with van der Waals surface area (Å²) in [7, 11) is 0. The van der Waals surface area contributed by atoms with Crippen LogP contribution in [0.3, 0.4) is 0 Å². The zero-order valence-electron chi connectivity index (χ0n) is 15.1. The van der Waals surface area contributed by atoms with Crippen molar-refractivity contribution in [2.45, 2.75) is 6.92 Å². The average molecular weight is 381 g/mol. The molecule has 8 nitrogen and oxygen atoms in total. The summed E-state index contributed by atoms with van der Waals surface area (Å²) in [6, 6.07) is 11.8. The molecule has 2 heterocycles. The van der Waals surface area contributed by atoms with Crippen molar-refractivity contribution in [1.29, 1.82) is 0 Å². The Morgan fingerprint density at radius 2 is 1.68 bits per heavy atom. The Bertz CT molecular complexity index is 980. The number of aldehydes is 1. The van der Waals surface area contributed by atoms with Gasteiger partial charge in [0.25, 0.3) is 0 Å². The zero-order chi connectivity index (χ0) is 20.5. The Morgan fingerprint density at radius 3 is 2.21 bits per heavy atom. The fourth-order valence-electron chi connectivity index (χ4n) is 2.60. The third kappa shape index (κ3) is 5.04. The number of pyridine rings is 1. The normalized spacial score (nSPS) is 10.3. The van der Waals surface area contributed by atoms with Crippen LogP contribution in [0.25, 0.3) is 10.9 Å². The summed E-state index contributed by atoms with van der Waals surface area (Å²) in [5.74, 6) is -2.51. The predicted molar refractivity (Wildman–Crippen MR) is 104 cm³/mol. The smallest absolute Gasteiger partial charge is 0.328 e. The van der Waals surface area contributed by atoms with E-state index in [0.717, 1.165) is 29.4 Å². The van der Waals surface area contributed by atoms with Gasteiger partial charge in [-0.15, -0.1) is 0 Å². The molecule has 28 heavy (non-hydrogen) atoms. The maximum Gasteiger partial charge on any atom is 0.328 e. The topological polar surface area (TPSA) is 113 Å². The number of anilines is 1. The molecule has 144 valence electrons. The van der Waals surface area contributed by atoms with Gasteiger partial charge in [0.2, 0.25) is 0 Å². The summed E-state index contributed by atoms with van der Waals surface area (Å²) in [4.78, 5) is 34.4. The number of rotatable bonds is 6. The molecular formula is C20H19N3O5. The van der Waals surface area contributed by atoms with Gasteiger partial charge in [0.05, 0.1) is 11.2 Å². The molecule has 3 rings (SSSR count). The molecule has 3 aromatic rings. The minimum Gasteiger partial charge on any atom is -0.478 e. The quantitative estimate of drug-likeness (QED) is 0.499. The average Bonchev–Trinajstić information content (AvgIpc) is 3.07. The molecule has 0 saturated carbocycles. The molecule has 0 radical (unpaired) electrons. The molecule has 8 heteroatoms. The van der Waals surface area contributed by atoms with Crippen LogP contribution < -0.4 is 5.01 Å². The van der Waals surface area contributed by atoms with E-state index in [1.165, 1.54) is 0 Å². The molecule has 0 aliphatic heterocycles. The van der Waals surface area contributed by atoms with Gasteiger partial charge >= 0.3 is 11.9 Å². The van der Waals surface area contributed by atoms with Crippen molar-refractivity contribution >= 4 is 34.8 Å². The van der Waals surface area contributed by atoms with Gasteiger partial charge in [0.15, 0.2) is 6.29 Å². The highest BCUT2D eigenvalue weighted by Gasteiger charge is 2.13. The maximum atomic E-state index is 11.2. The van der Waals surface area contributed by atoms with Crippen LogP contribution in [0.2, 0.25) is 0 Å². The van der Waals surface area contributed by atoms with E-state index in [9.17, 15) is 14.4 Å². The third-order valence-electron chi connectivity index (χ3n) is 3.74. The van der Waals surface area contributed by atoms with Crippen molar-refractivity contribution in [3.05, 3.63) is 72.7 Å². The summed E-state index contributed by atoms with van der Waals surface area (Å²) >= 11 is 0. The number of carbonyl (C=O) groups excluding carboxylic acids is 1. The SMILES string of the molecule is CCN(c1ccncc1)n1cc(C=O)c2ccccc21.O=C(O)/C=C\C(=O)O. The Morgan fingerprint density at radius 1 is 1.07 bits per heavy atom. The number of nitrogens with zero attached hydrogens (tertiary/aromatic N) is 3. The van der Waals surface area contributed by atoms with Crippen LogP contribution in [0.5, 0.6) is 0 Å². The van der Waals surface area contributed by atoms with E-state index in [4.69, 9.17) is 10.2 Å². The van der Waals surface area contributed by atoms with E-state index in [-0.39, 0.29) is 0 Å². The lowest BCUT2D eigenvalue weighted by Crippen LogP contribution is -2.28. The summed E-state index contributed by atoms with van der Waals surface area (Å²) < 4.78 is 2.02. The lowest BCUT2D eigenvalue weighted by Gasteiger charge is -2.25. The van der Waals surface area contributed by atoms with Gasteiger partial charge in [0.1, 0.15) is 0 Å². The number of aromatic nitrogens is 2. The highest BCUT2D eigenvalue weighted by atomic mass is 16.4. The minimum atomic E-state index is -1.26. The zero-order valence-corrected chi connectivity index (χ0v) is 15.1. The molecule has 0 unspecified atom stereocenters. The van der Waals surface area contributed by atoms with Crippen molar-refractivity contribution in [3.8, 4) is 0 Å². The van der Waals surface area contributed by atoms with Crippen LogP contribution in [0.15, 0.2) is 67.1 Å². The second kappa shape index (κ2) is 9.67. The molecule has 2 aromatic heterocycles. The van der Waals surface area contributed by atoms with Gasteiger partial charge in [-0.05, 0) is 25.1 Å². The summed E-state index contributed by atoms with van der Waals surface area (Å²) in [6.45, 7) is 2.87. The van der Waals surface area contributed by atoms with E-state index >= 15 is 0 Å². The highest BCUT2D eigenvalue weighted by molar-refractivity contribution is 5.98. The first-order valence-corrected chi connectivity index (χ1v) is 8.35. The van der Waals surface area contributed by atoms with Crippen LogP contribution in [0.4, 0.5) is 5.69 Å². The maximum absolute atomic E-state index is 11.2. The second-order valence-corrected chi connectivity index (χ2v) is 5.49. The van der Waals surface area contributed by atoms with E-state index in [1.807, 2.05) is 47.3 Å². The molecule has 2 N–H and O–H groups in total. The Hall–Kier alpha value is -3.94. The summed E-state index contributed by atoms with van der Waals surface area (Å²) in [5.41, 5.74) is 2.77. The Balaban J connectivity index is 0.000000300. The largest absolute Gasteiger partial charge is 0.478 e. The minimum absolute atomic E-state index is 0.558. The molecule has 0 bridgehead atoms. The van der Waals surface area contributed by atoms with Gasteiger partial charge in [-0.3, -0.25) is 19.5 Å². The summed E-state index contributed by atoms with van der Waals surface area (Å²) in [5, 5.41) is 18.7. The molecule has 0 saturated heterocycles. The van der Waals surface area contributed by atoms with E-state index < -0.39 is 11.9 Å². The van der Waals surface area contributed by atoms with Crippen LogP contribution >= 0.6 is 0 Å². The fourth-order valence-corrected chi connectivity index (χ4v) is 2.60. The first-order chi connectivity index (χ1) is 13.5. The van der Waals surface area contributed by atoms with Gasteiger partial charge in [-0.1, -0.05) is 18.2 Å². The number of carboxylic acids is 2. The number of para-hydroxylation sites is 1. The number of hydrogen-bond donors (Lipinski definition) is 2. The number of fused-ring (bicyclic) bond motifs is 1. The van der Waals surface area contributed by atoms with Crippen LogP contribution in [-0.2, 0) is 9.59 Å². The number of hydrogen-bond acceptors (Lipinski definition) is 5. The lowest BCUT2D eigenvalue weighted by molar-refractivity contribution is -0.134. The van der Waals surface area contributed by atoms with E-state index in [1.54, 1.807) is 12.4 Å².